The molecule has 0 aromatic heterocycles. The summed E-state index contributed by atoms with van der Waals surface area (Å²) in [6.07, 6.45) is -0.435. The highest BCUT2D eigenvalue weighted by Crippen LogP contribution is 2.24. The number of ether oxygens (including phenoxy) is 1. The number of aromatic carboxylic acids is 1. The minimum atomic E-state index is -0.932. The van der Waals surface area contributed by atoms with Crippen LogP contribution < -0.4 is 5.32 Å². The number of morpholine rings is 1. The lowest BCUT2D eigenvalue weighted by atomic mass is 9.98. The molecule has 0 aliphatic carbocycles. The third kappa shape index (κ3) is 4.09. The molecule has 0 saturated carbocycles. The molecule has 1 amide bonds. The Morgan fingerprint density at radius 3 is 2.62 bits per heavy atom. The molecule has 3 rings (SSSR count). The van der Waals surface area contributed by atoms with E-state index in [0.717, 1.165) is 24.2 Å². The SMILES string of the molecule is CNC(=O)C1CN(Cc2ccc(-c3ccccc3C(=O)O)cc2)CCO1. The zero-order chi connectivity index (χ0) is 18.5. The zero-order valence-corrected chi connectivity index (χ0v) is 14.6. The summed E-state index contributed by atoms with van der Waals surface area (Å²) in [5.41, 5.74) is 2.98. The summed E-state index contributed by atoms with van der Waals surface area (Å²) >= 11 is 0. The highest BCUT2D eigenvalue weighted by atomic mass is 16.5. The fourth-order valence-corrected chi connectivity index (χ4v) is 3.14. The van der Waals surface area contributed by atoms with Crippen molar-refractivity contribution in [3.8, 4) is 11.1 Å². The molecular formula is C20H22N2O4. The summed E-state index contributed by atoms with van der Waals surface area (Å²) < 4.78 is 5.50. The molecular weight excluding hydrogens is 332 g/mol. The first-order valence-electron chi connectivity index (χ1n) is 8.55. The molecule has 1 unspecified atom stereocenters. The Balaban J connectivity index is 1.71. The molecule has 6 heteroatoms. The lowest BCUT2D eigenvalue weighted by Gasteiger charge is -2.31. The van der Waals surface area contributed by atoms with Gasteiger partial charge >= 0.3 is 5.97 Å². The van der Waals surface area contributed by atoms with E-state index >= 15 is 0 Å². The van der Waals surface area contributed by atoms with Crippen LogP contribution in [-0.4, -0.2) is 54.7 Å². The smallest absolute Gasteiger partial charge is 0.336 e. The van der Waals surface area contributed by atoms with Gasteiger partial charge in [-0.25, -0.2) is 4.79 Å². The van der Waals surface area contributed by atoms with Gasteiger partial charge in [0.1, 0.15) is 6.10 Å². The van der Waals surface area contributed by atoms with Crippen LogP contribution in [0.4, 0.5) is 0 Å². The molecule has 1 aliphatic heterocycles. The van der Waals surface area contributed by atoms with Gasteiger partial charge in [0, 0.05) is 26.7 Å². The molecule has 1 saturated heterocycles. The maximum atomic E-state index is 11.7. The predicted molar refractivity (Wildman–Crippen MR) is 97.9 cm³/mol. The van der Waals surface area contributed by atoms with Gasteiger partial charge in [-0.2, -0.15) is 0 Å². The number of carbonyl (C=O) groups is 2. The van der Waals surface area contributed by atoms with Crippen molar-refractivity contribution >= 4 is 11.9 Å². The van der Waals surface area contributed by atoms with Gasteiger partial charge < -0.3 is 15.2 Å². The van der Waals surface area contributed by atoms with E-state index in [4.69, 9.17) is 4.74 Å². The van der Waals surface area contributed by atoms with Gasteiger partial charge in [0.15, 0.2) is 0 Å². The number of carboxylic acid groups (broad SMARTS) is 1. The Hall–Kier alpha value is -2.70. The lowest BCUT2D eigenvalue weighted by molar-refractivity contribution is -0.138. The Morgan fingerprint density at radius 1 is 1.19 bits per heavy atom. The molecule has 0 bridgehead atoms. The first-order valence-corrected chi connectivity index (χ1v) is 8.55. The van der Waals surface area contributed by atoms with Gasteiger partial charge in [-0.15, -0.1) is 0 Å². The number of nitrogens with zero attached hydrogens (tertiary/aromatic N) is 1. The number of amides is 1. The normalized spacial score (nSPS) is 17.7. The van der Waals surface area contributed by atoms with Gasteiger partial charge in [-0.3, -0.25) is 9.69 Å². The van der Waals surface area contributed by atoms with Gasteiger partial charge in [-0.05, 0) is 22.8 Å². The van der Waals surface area contributed by atoms with Crippen molar-refractivity contribution in [2.75, 3.05) is 26.7 Å². The molecule has 2 aromatic carbocycles. The standard InChI is InChI=1S/C20H22N2O4/c1-21-19(23)18-13-22(10-11-26-18)12-14-6-8-15(9-7-14)16-4-2-3-5-17(16)20(24)25/h2-9,18H,10-13H2,1H3,(H,21,23)(H,24,25). The van der Waals surface area contributed by atoms with Crippen molar-refractivity contribution in [1.82, 2.24) is 10.2 Å². The van der Waals surface area contributed by atoms with Crippen LogP contribution in [0.5, 0.6) is 0 Å². The molecule has 2 N–H and O–H groups in total. The molecule has 26 heavy (non-hydrogen) atoms. The monoisotopic (exact) mass is 354 g/mol. The topological polar surface area (TPSA) is 78.9 Å². The van der Waals surface area contributed by atoms with Crippen molar-refractivity contribution in [2.24, 2.45) is 0 Å². The van der Waals surface area contributed by atoms with E-state index in [9.17, 15) is 14.7 Å². The second-order valence-corrected chi connectivity index (χ2v) is 6.26. The Bertz CT molecular complexity index is 789. The van der Waals surface area contributed by atoms with Crippen LogP contribution in [0.1, 0.15) is 15.9 Å². The number of carbonyl (C=O) groups excluding carboxylic acids is 1. The quantitative estimate of drug-likeness (QED) is 0.859. The summed E-state index contributed by atoms with van der Waals surface area (Å²) in [5, 5.41) is 12.0. The summed E-state index contributed by atoms with van der Waals surface area (Å²) in [5.74, 6) is -1.03. The highest BCUT2D eigenvalue weighted by molar-refractivity contribution is 5.95. The van der Waals surface area contributed by atoms with Crippen molar-refractivity contribution in [2.45, 2.75) is 12.6 Å². The summed E-state index contributed by atoms with van der Waals surface area (Å²) in [7, 11) is 1.61. The second kappa shape index (κ2) is 8.12. The van der Waals surface area contributed by atoms with E-state index in [2.05, 4.69) is 10.2 Å². The van der Waals surface area contributed by atoms with Gasteiger partial charge in [0.05, 0.1) is 12.2 Å². The largest absolute Gasteiger partial charge is 0.478 e. The summed E-state index contributed by atoms with van der Waals surface area (Å²) in [6, 6.07) is 14.9. The van der Waals surface area contributed by atoms with Crippen LogP contribution in [-0.2, 0) is 16.1 Å². The number of benzene rings is 2. The van der Waals surface area contributed by atoms with Gasteiger partial charge in [0.2, 0.25) is 5.91 Å². The van der Waals surface area contributed by atoms with Crippen molar-refractivity contribution in [3.05, 3.63) is 59.7 Å². The maximum Gasteiger partial charge on any atom is 0.336 e. The van der Waals surface area contributed by atoms with Crippen LogP contribution in [0, 0.1) is 0 Å². The van der Waals surface area contributed by atoms with Crippen molar-refractivity contribution in [3.63, 3.8) is 0 Å². The highest BCUT2D eigenvalue weighted by Gasteiger charge is 2.25. The van der Waals surface area contributed by atoms with Gasteiger partial charge in [0.25, 0.3) is 0 Å². The molecule has 2 aromatic rings. The van der Waals surface area contributed by atoms with Crippen LogP contribution >= 0.6 is 0 Å². The fourth-order valence-electron chi connectivity index (χ4n) is 3.14. The molecule has 136 valence electrons. The number of nitrogens with one attached hydrogen (secondary N) is 1. The number of likely N-dealkylation sites (N-methyl/N-ethyl adjacent to an activating group) is 1. The zero-order valence-electron chi connectivity index (χ0n) is 14.6. The van der Waals surface area contributed by atoms with E-state index in [0.29, 0.717) is 24.3 Å². The third-order valence-electron chi connectivity index (χ3n) is 4.52. The van der Waals surface area contributed by atoms with Crippen LogP contribution in [0.25, 0.3) is 11.1 Å². The molecule has 6 nitrogen and oxygen atoms in total. The first kappa shape index (κ1) is 18.1. The summed E-state index contributed by atoms with van der Waals surface area (Å²) in [6.45, 7) is 2.58. The second-order valence-electron chi connectivity index (χ2n) is 6.26. The van der Waals surface area contributed by atoms with Crippen LogP contribution in [0.3, 0.4) is 0 Å². The molecule has 0 radical (unpaired) electrons. The Labute approximate surface area is 152 Å². The molecule has 0 spiro atoms. The maximum absolute atomic E-state index is 11.7. The van der Waals surface area contributed by atoms with Crippen molar-refractivity contribution in [1.29, 1.82) is 0 Å². The van der Waals surface area contributed by atoms with Crippen LogP contribution in [0.2, 0.25) is 0 Å². The fraction of sp³-hybridized carbons (Fsp3) is 0.300. The Kier molecular flexibility index (Phi) is 5.65. The van der Waals surface area contributed by atoms with E-state index in [1.54, 1.807) is 19.2 Å². The van der Waals surface area contributed by atoms with Crippen molar-refractivity contribution < 1.29 is 19.4 Å². The van der Waals surface area contributed by atoms with E-state index in [1.165, 1.54) is 0 Å². The lowest BCUT2D eigenvalue weighted by Crippen LogP contribution is -2.48. The minimum Gasteiger partial charge on any atom is -0.478 e. The molecule has 1 atom stereocenters. The van der Waals surface area contributed by atoms with E-state index in [-0.39, 0.29) is 5.91 Å². The predicted octanol–water partition coefficient (Wildman–Crippen LogP) is 2.00. The van der Waals surface area contributed by atoms with E-state index in [1.807, 2.05) is 36.4 Å². The van der Waals surface area contributed by atoms with Crippen LogP contribution in [0.15, 0.2) is 48.5 Å². The average molecular weight is 354 g/mol. The molecule has 1 heterocycles. The van der Waals surface area contributed by atoms with Gasteiger partial charge in [-0.1, -0.05) is 42.5 Å². The number of rotatable bonds is 5. The minimum absolute atomic E-state index is 0.102. The number of hydrogen-bond donors (Lipinski definition) is 2. The number of carboxylic acids is 1. The number of hydrogen-bond acceptors (Lipinski definition) is 4. The van der Waals surface area contributed by atoms with E-state index < -0.39 is 12.1 Å². The average Bonchev–Trinajstić information content (AvgIpc) is 2.68. The molecule has 1 aliphatic rings. The third-order valence-corrected chi connectivity index (χ3v) is 4.52. The summed E-state index contributed by atoms with van der Waals surface area (Å²) in [4.78, 5) is 25.3. The first-order chi connectivity index (χ1) is 12.6. The molecule has 1 fully saturated rings. The Morgan fingerprint density at radius 2 is 1.92 bits per heavy atom.